The molecule has 1 N–H and O–H groups in total. The molecule has 1 saturated carbocycles. The van der Waals surface area contributed by atoms with Crippen molar-refractivity contribution in [3.63, 3.8) is 0 Å². The van der Waals surface area contributed by atoms with Gasteiger partial charge in [0, 0.05) is 6.54 Å². The van der Waals surface area contributed by atoms with E-state index in [9.17, 15) is 9.59 Å². The standard InChI is InChI=1S/C15H24N6O2/c1-3-4-9-21-12(17-18-19-21)10-20-13(22)15(16-14(20)23)8-6-5-7-11(15)2/h11H,3-10H2,1-2H3,(H,16,23)/t11-,15-/m0/s1. The maximum atomic E-state index is 12.9. The minimum absolute atomic E-state index is 0.125. The van der Waals surface area contributed by atoms with Gasteiger partial charge in [-0.15, -0.1) is 5.10 Å². The molecule has 23 heavy (non-hydrogen) atoms. The first-order valence-corrected chi connectivity index (χ1v) is 8.47. The second-order valence-electron chi connectivity index (χ2n) is 6.61. The second kappa shape index (κ2) is 6.25. The molecule has 2 aliphatic rings. The van der Waals surface area contributed by atoms with E-state index in [1.165, 1.54) is 4.90 Å². The molecule has 8 heteroatoms. The number of carbonyl (C=O) groups excluding carboxylic acids is 2. The SMILES string of the molecule is CCCCn1nnnc1CN1C(=O)N[C@]2(CCCC[C@@H]2C)C1=O. The summed E-state index contributed by atoms with van der Waals surface area (Å²) >= 11 is 0. The van der Waals surface area contributed by atoms with Gasteiger partial charge < -0.3 is 5.32 Å². The van der Waals surface area contributed by atoms with Crippen molar-refractivity contribution in [3.05, 3.63) is 5.82 Å². The first-order valence-electron chi connectivity index (χ1n) is 8.47. The lowest BCUT2D eigenvalue weighted by molar-refractivity contribution is -0.134. The molecule has 0 bridgehead atoms. The van der Waals surface area contributed by atoms with Crippen molar-refractivity contribution in [2.24, 2.45) is 5.92 Å². The van der Waals surface area contributed by atoms with Crippen molar-refractivity contribution >= 4 is 11.9 Å². The molecule has 2 atom stereocenters. The lowest BCUT2D eigenvalue weighted by Gasteiger charge is -2.36. The highest BCUT2D eigenvalue weighted by Crippen LogP contribution is 2.38. The van der Waals surface area contributed by atoms with Crippen molar-refractivity contribution in [3.8, 4) is 0 Å². The number of imide groups is 1. The number of nitrogens with zero attached hydrogens (tertiary/aromatic N) is 5. The Morgan fingerprint density at radius 2 is 2.17 bits per heavy atom. The number of carbonyl (C=O) groups is 2. The summed E-state index contributed by atoms with van der Waals surface area (Å²) in [4.78, 5) is 26.6. The van der Waals surface area contributed by atoms with Crippen LogP contribution in [0.1, 0.15) is 58.2 Å². The van der Waals surface area contributed by atoms with Crippen LogP contribution in [-0.4, -0.2) is 42.6 Å². The third-order valence-corrected chi connectivity index (χ3v) is 5.13. The van der Waals surface area contributed by atoms with Gasteiger partial charge in [0.1, 0.15) is 5.54 Å². The molecule has 0 aromatic carbocycles. The highest BCUT2D eigenvalue weighted by atomic mass is 16.2. The van der Waals surface area contributed by atoms with Gasteiger partial charge in [-0.2, -0.15) is 0 Å². The Morgan fingerprint density at radius 1 is 1.35 bits per heavy atom. The number of tetrazole rings is 1. The Balaban J connectivity index is 1.77. The fourth-order valence-electron chi connectivity index (χ4n) is 3.60. The van der Waals surface area contributed by atoms with Crippen molar-refractivity contribution in [2.45, 2.75) is 71.0 Å². The minimum Gasteiger partial charge on any atom is -0.323 e. The summed E-state index contributed by atoms with van der Waals surface area (Å²) in [6.45, 7) is 4.97. The molecule has 1 spiro atoms. The molecule has 0 radical (unpaired) electrons. The summed E-state index contributed by atoms with van der Waals surface area (Å²) in [6.07, 6.45) is 5.76. The van der Waals surface area contributed by atoms with Crippen LogP contribution in [0.15, 0.2) is 0 Å². The Hall–Kier alpha value is -1.99. The summed E-state index contributed by atoms with van der Waals surface area (Å²) in [5.41, 5.74) is -0.725. The lowest BCUT2D eigenvalue weighted by Crippen LogP contribution is -2.53. The second-order valence-corrected chi connectivity index (χ2v) is 6.61. The van der Waals surface area contributed by atoms with Crippen LogP contribution >= 0.6 is 0 Å². The fourth-order valence-corrected chi connectivity index (χ4v) is 3.60. The van der Waals surface area contributed by atoms with Gasteiger partial charge in [0.15, 0.2) is 5.82 Å². The number of nitrogens with one attached hydrogen (secondary N) is 1. The molecule has 1 aliphatic carbocycles. The van der Waals surface area contributed by atoms with Gasteiger partial charge in [-0.25, -0.2) is 9.48 Å². The average molecular weight is 320 g/mol. The van der Waals surface area contributed by atoms with E-state index in [-0.39, 0.29) is 24.4 Å². The van der Waals surface area contributed by atoms with E-state index in [2.05, 4.69) is 27.8 Å². The number of unbranched alkanes of at least 4 members (excludes halogenated alkanes) is 1. The first kappa shape index (κ1) is 15.9. The zero-order valence-electron chi connectivity index (χ0n) is 13.8. The van der Waals surface area contributed by atoms with E-state index in [1.54, 1.807) is 4.68 Å². The number of aromatic nitrogens is 4. The Labute approximate surface area is 135 Å². The Morgan fingerprint density at radius 3 is 2.91 bits per heavy atom. The summed E-state index contributed by atoms with van der Waals surface area (Å²) < 4.78 is 1.68. The summed E-state index contributed by atoms with van der Waals surface area (Å²) in [6, 6.07) is -0.325. The zero-order valence-corrected chi connectivity index (χ0v) is 13.8. The predicted molar refractivity (Wildman–Crippen MR) is 82.2 cm³/mol. The number of rotatable bonds is 5. The van der Waals surface area contributed by atoms with Gasteiger partial charge in [0.05, 0.1) is 6.54 Å². The largest absolute Gasteiger partial charge is 0.325 e. The quantitative estimate of drug-likeness (QED) is 0.829. The van der Waals surface area contributed by atoms with Gasteiger partial charge in [0.25, 0.3) is 5.91 Å². The lowest BCUT2D eigenvalue weighted by atomic mass is 9.73. The fraction of sp³-hybridized carbons (Fsp3) is 0.800. The van der Waals surface area contributed by atoms with Crippen LogP contribution in [-0.2, 0) is 17.9 Å². The number of amides is 3. The monoisotopic (exact) mass is 320 g/mol. The number of hydrogen-bond acceptors (Lipinski definition) is 5. The highest BCUT2D eigenvalue weighted by molar-refractivity contribution is 6.07. The summed E-state index contributed by atoms with van der Waals surface area (Å²) in [5, 5.41) is 14.6. The van der Waals surface area contributed by atoms with E-state index in [1.807, 2.05) is 6.92 Å². The van der Waals surface area contributed by atoms with Crippen LogP contribution in [0, 0.1) is 5.92 Å². The normalized spacial score (nSPS) is 27.7. The molecule has 0 unspecified atom stereocenters. The van der Waals surface area contributed by atoms with E-state index in [0.717, 1.165) is 38.5 Å². The maximum Gasteiger partial charge on any atom is 0.325 e. The smallest absolute Gasteiger partial charge is 0.323 e. The van der Waals surface area contributed by atoms with E-state index in [0.29, 0.717) is 12.4 Å². The van der Waals surface area contributed by atoms with Crippen molar-refractivity contribution < 1.29 is 9.59 Å². The molecule has 1 saturated heterocycles. The molecular formula is C15H24N6O2. The minimum atomic E-state index is -0.725. The van der Waals surface area contributed by atoms with E-state index in [4.69, 9.17) is 0 Å². The maximum absolute atomic E-state index is 12.9. The van der Waals surface area contributed by atoms with Crippen LogP contribution < -0.4 is 5.32 Å². The third kappa shape index (κ3) is 2.70. The molecular weight excluding hydrogens is 296 g/mol. The third-order valence-electron chi connectivity index (χ3n) is 5.13. The van der Waals surface area contributed by atoms with Crippen LogP contribution in [0.4, 0.5) is 4.79 Å². The first-order chi connectivity index (χ1) is 11.1. The molecule has 1 aliphatic heterocycles. The average Bonchev–Trinajstić information content (AvgIpc) is 3.07. The summed E-state index contributed by atoms with van der Waals surface area (Å²) in [7, 11) is 0. The van der Waals surface area contributed by atoms with Crippen LogP contribution in [0.2, 0.25) is 0 Å². The molecule has 1 aromatic heterocycles. The molecule has 2 heterocycles. The zero-order chi connectivity index (χ0) is 16.4. The molecule has 126 valence electrons. The highest BCUT2D eigenvalue weighted by Gasteiger charge is 2.55. The van der Waals surface area contributed by atoms with Gasteiger partial charge in [0.2, 0.25) is 0 Å². The Kier molecular flexibility index (Phi) is 4.32. The van der Waals surface area contributed by atoms with Gasteiger partial charge in [-0.3, -0.25) is 9.69 Å². The van der Waals surface area contributed by atoms with Crippen LogP contribution in [0.5, 0.6) is 0 Å². The van der Waals surface area contributed by atoms with Crippen molar-refractivity contribution in [1.82, 2.24) is 30.4 Å². The molecule has 3 rings (SSSR count). The van der Waals surface area contributed by atoms with Gasteiger partial charge in [-0.05, 0) is 35.6 Å². The van der Waals surface area contributed by atoms with Gasteiger partial charge in [-0.1, -0.05) is 33.1 Å². The molecule has 2 fully saturated rings. The topological polar surface area (TPSA) is 93.0 Å². The van der Waals surface area contributed by atoms with Crippen LogP contribution in [0.3, 0.4) is 0 Å². The number of urea groups is 1. The predicted octanol–water partition coefficient (Wildman–Crippen LogP) is 1.47. The molecule has 8 nitrogen and oxygen atoms in total. The Bertz CT molecular complexity index is 601. The number of aryl methyl sites for hydroxylation is 1. The van der Waals surface area contributed by atoms with Crippen molar-refractivity contribution in [2.75, 3.05) is 0 Å². The molecule has 1 aromatic rings. The van der Waals surface area contributed by atoms with E-state index >= 15 is 0 Å². The number of hydrogen-bond donors (Lipinski definition) is 1. The van der Waals surface area contributed by atoms with Crippen LogP contribution in [0.25, 0.3) is 0 Å². The van der Waals surface area contributed by atoms with Gasteiger partial charge >= 0.3 is 6.03 Å². The van der Waals surface area contributed by atoms with Crippen molar-refractivity contribution in [1.29, 1.82) is 0 Å². The summed E-state index contributed by atoms with van der Waals surface area (Å²) in [5.74, 6) is 0.594. The molecule has 3 amide bonds. The van der Waals surface area contributed by atoms with E-state index < -0.39 is 5.54 Å².